The zero-order valence-electron chi connectivity index (χ0n) is 42.3. The Bertz CT molecular complexity index is 3180. The first kappa shape index (κ1) is 54.1. The van der Waals surface area contributed by atoms with E-state index in [1.54, 1.807) is 48.5 Å². The number of ketones is 2. The van der Waals surface area contributed by atoms with E-state index in [4.69, 9.17) is 16.6 Å². The third kappa shape index (κ3) is 11.1. The summed E-state index contributed by atoms with van der Waals surface area (Å²) in [5, 5.41) is 7.86. The summed E-state index contributed by atoms with van der Waals surface area (Å²) in [6.45, 7) is 3.43. The van der Waals surface area contributed by atoms with E-state index >= 15 is 0 Å². The lowest BCUT2D eigenvalue weighted by molar-refractivity contribution is -0.136. The van der Waals surface area contributed by atoms with Gasteiger partial charge in [-0.3, -0.25) is 38.1 Å². The fraction of sp³-hybridized carbons (Fsp3) is 0.423. The van der Waals surface area contributed by atoms with Crippen molar-refractivity contribution in [1.29, 1.82) is 0 Å². The van der Waals surface area contributed by atoms with E-state index in [-0.39, 0.29) is 31.6 Å². The monoisotopic (exact) mass is 1060 g/mol. The second-order valence-electron chi connectivity index (χ2n) is 19.6. The summed E-state index contributed by atoms with van der Waals surface area (Å²) in [5.41, 5.74) is 3.87. The largest absolute Gasteiger partial charge is 0.325 e. The van der Waals surface area contributed by atoms with Crippen LogP contribution in [0, 0.1) is 13.8 Å². The van der Waals surface area contributed by atoms with E-state index < -0.39 is 97.1 Å². The van der Waals surface area contributed by atoms with Crippen molar-refractivity contribution in [3.8, 4) is 11.4 Å². The van der Waals surface area contributed by atoms with Crippen molar-refractivity contribution < 1.29 is 46.3 Å². The number of nitrogens with zero attached hydrogens (tertiary/aromatic N) is 9. The molecule has 0 unspecified atom stereocenters. The Morgan fingerprint density at radius 3 is 1.31 bits per heavy atom. The van der Waals surface area contributed by atoms with Gasteiger partial charge >= 0.3 is 12.1 Å². The minimum atomic E-state index is -2.85. The minimum absolute atomic E-state index is 0.147. The van der Waals surface area contributed by atoms with Crippen LogP contribution in [0.15, 0.2) is 72.8 Å². The SMILES string of the molecule is CNC.Cc1ccc2nc(CCl)n(-c3ccc(C(=O)CN4C(=O)NC5(CCC(F)(F)CC5)C4=O)cc3)c2n1.Cc1ccc2nc(CN(C)C)n(-c3ccc(C(=O)CN4C(=O)NC5(CCC(F)(F)CC5)C4=O)cc3)c2n1. The van der Waals surface area contributed by atoms with Crippen LogP contribution in [0.5, 0.6) is 0 Å². The Hall–Kier alpha value is -7.17. The summed E-state index contributed by atoms with van der Waals surface area (Å²) >= 11 is 6.09. The predicted octanol–water partition coefficient (Wildman–Crippen LogP) is 7.46. The fourth-order valence-electron chi connectivity index (χ4n) is 9.68. The molecule has 2 saturated heterocycles. The van der Waals surface area contributed by atoms with E-state index in [0.717, 1.165) is 38.2 Å². The van der Waals surface area contributed by atoms with Gasteiger partial charge in [0, 0.05) is 59.6 Å². The van der Waals surface area contributed by atoms with Gasteiger partial charge in [0.2, 0.25) is 11.8 Å². The van der Waals surface area contributed by atoms with Crippen LogP contribution in [0.4, 0.5) is 27.2 Å². The van der Waals surface area contributed by atoms with Crippen LogP contribution in [0.1, 0.15) is 95.1 Å². The molecule has 2 spiro atoms. The lowest BCUT2D eigenvalue weighted by Gasteiger charge is -2.34. The number of fused-ring (bicyclic) bond motifs is 2. The number of aryl methyl sites for hydroxylation is 2. The number of carbonyl (C=O) groups is 6. The van der Waals surface area contributed by atoms with E-state index in [2.05, 4.69) is 30.9 Å². The average molecular weight is 1060 g/mol. The highest BCUT2D eigenvalue weighted by Crippen LogP contribution is 2.43. The first-order valence-corrected chi connectivity index (χ1v) is 24.9. The first-order chi connectivity index (χ1) is 35.5. The molecule has 2 aliphatic heterocycles. The molecule has 0 radical (unpaired) electrons. The van der Waals surface area contributed by atoms with Gasteiger partial charge in [0.05, 0.1) is 25.5 Å². The van der Waals surface area contributed by atoms with Gasteiger partial charge in [-0.25, -0.2) is 47.1 Å². The number of Topliss-reactive ketones (excluding diaryl/α,β-unsaturated/α-hetero) is 2. The fourth-order valence-corrected chi connectivity index (χ4v) is 9.86. The van der Waals surface area contributed by atoms with Gasteiger partial charge in [-0.2, -0.15) is 0 Å². The van der Waals surface area contributed by atoms with E-state index in [1.807, 2.05) is 80.3 Å². The topological polar surface area (TPSA) is 210 Å². The Balaban J connectivity index is 0.000000190. The van der Waals surface area contributed by atoms with Crippen molar-refractivity contribution >= 4 is 69.4 Å². The van der Waals surface area contributed by atoms with Crippen LogP contribution in [0.2, 0.25) is 0 Å². The highest BCUT2D eigenvalue weighted by Gasteiger charge is 2.57. The van der Waals surface area contributed by atoms with Gasteiger partial charge in [0.25, 0.3) is 11.8 Å². The zero-order valence-corrected chi connectivity index (χ0v) is 43.0. The Kier molecular flexibility index (Phi) is 15.3. The number of imidazole rings is 2. The normalized spacial score (nSPS) is 18.3. The molecule has 18 nitrogen and oxygen atoms in total. The molecule has 6 amide bonds. The van der Waals surface area contributed by atoms with Crippen LogP contribution in [0.25, 0.3) is 33.7 Å². The second kappa shape index (κ2) is 21.2. The maximum Gasteiger partial charge on any atom is 0.325 e. The molecule has 4 fully saturated rings. The Labute approximate surface area is 434 Å². The molecule has 6 heterocycles. The van der Waals surface area contributed by atoms with Crippen molar-refractivity contribution in [2.75, 3.05) is 41.3 Å². The molecule has 10 rings (SSSR count). The number of halogens is 5. The van der Waals surface area contributed by atoms with E-state index in [0.29, 0.717) is 46.0 Å². The number of benzene rings is 2. The molecular formula is C52H57ClF4N12O6. The molecule has 2 aromatic carbocycles. The molecule has 4 aliphatic rings. The van der Waals surface area contributed by atoms with Gasteiger partial charge in [-0.15, -0.1) is 11.6 Å². The molecule has 6 aromatic rings. The number of carbonyl (C=O) groups excluding carboxylic acids is 6. The predicted molar refractivity (Wildman–Crippen MR) is 271 cm³/mol. The Morgan fingerprint density at radius 1 is 0.587 bits per heavy atom. The number of hydrogen-bond donors (Lipinski definition) is 3. The van der Waals surface area contributed by atoms with Gasteiger partial charge in [-0.05, 0) is 141 Å². The molecule has 0 atom stereocenters. The number of rotatable bonds is 11. The van der Waals surface area contributed by atoms with E-state index in [1.165, 1.54) is 0 Å². The summed E-state index contributed by atoms with van der Waals surface area (Å²) in [4.78, 5) is 98.8. The molecule has 2 aliphatic carbocycles. The molecule has 0 bridgehead atoms. The summed E-state index contributed by atoms with van der Waals surface area (Å²) in [6, 6.07) is 19.5. The highest BCUT2D eigenvalue weighted by molar-refractivity contribution is 6.17. The summed E-state index contributed by atoms with van der Waals surface area (Å²) in [6.07, 6.45) is -2.52. The van der Waals surface area contributed by atoms with E-state index in [9.17, 15) is 46.3 Å². The maximum absolute atomic E-state index is 13.6. The smallest absolute Gasteiger partial charge is 0.323 e. The van der Waals surface area contributed by atoms with Crippen LogP contribution in [-0.4, -0.2) is 143 Å². The lowest BCUT2D eigenvalue weighted by atomic mass is 9.80. The number of urea groups is 2. The van der Waals surface area contributed by atoms with Crippen LogP contribution >= 0.6 is 11.6 Å². The number of amides is 6. The molecule has 4 aromatic heterocycles. The zero-order chi connectivity index (χ0) is 54.2. The average Bonchev–Trinajstić information content (AvgIpc) is 4.05. The van der Waals surface area contributed by atoms with Gasteiger partial charge in [0.1, 0.15) is 33.8 Å². The standard InChI is InChI=1S/C26H28F2N6O3.C24H22ClF2N5O3.C2H7N/c1-16-4-9-19-22(29-16)34(21(30-19)15-32(2)3)18-7-5-17(6-8-18)20(35)14-33-23(36)25(31-24(33)37)10-12-26(27,28)13-11-25;1-14-2-7-17-20(28-14)32(19(12-25)29-17)16-5-3-15(4-6-16)18(33)13-31-21(34)23(30-22(31)35)8-10-24(26,27)11-9-23;1-3-2/h4-9H,10-15H2,1-3H3,(H,31,37);2-7H,8-13H2,1H3,(H,30,35);3H,1-2H3. The second-order valence-corrected chi connectivity index (χ2v) is 19.9. The van der Waals surface area contributed by atoms with Gasteiger partial charge in [0.15, 0.2) is 22.9 Å². The van der Waals surface area contributed by atoms with Crippen LogP contribution in [-0.2, 0) is 22.0 Å². The van der Waals surface area contributed by atoms with Crippen molar-refractivity contribution in [1.82, 2.24) is 59.7 Å². The Morgan fingerprint density at radius 2 is 0.947 bits per heavy atom. The summed E-state index contributed by atoms with van der Waals surface area (Å²) < 4.78 is 58.1. The quantitative estimate of drug-likeness (QED) is 0.0500. The van der Waals surface area contributed by atoms with Gasteiger partial charge < -0.3 is 20.9 Å². The molecule has 23 heteroatoms. The molecule has 2 saturated carbocycles. The van der Waals surface area contributed by atoms with Crippen LogP contribution in [0.3, 0.4) is 0 Å². The van der Waals surface area contributed by atoms with Crippen molar-refractivity contribution in [3.05, 3.63) is 107 Å². The molecule has 3 N–H and O–H groups in total. The van der Waals surface area contributed by atoms with Crippen molar-refractivity contribution in [2.45, 2.75) is 101 Å². The molecule has 75 heavy (non-hydrogen) atoms. The first-order valence-electron chi connectivity index (χ1n) is 24.3. The highest BCUT2D eigenvalue weighted by atomic mass is 35.5. The number of hydrogen-bond acceptors (Lipinski definition) is 12. The third-order valence-corrected chi connectivity index (χ3v) is 13.9. The lowest BCUT2D eigenvalue weighted by Crippen LogP contribution is -2.51. The van der Waals surface area contributed by atoms with Crippen molar-refractivity contribution in [2.24, 2.45) is 0 Å². The third-order valence-electron chi connectivity index (χ3n) is 13.7. The molecule has 396 valence electrons. The number of aromatic nitrogens is 6. The molecular weight excluding hydrogens is 1000 g/mol. The number of pyridine rings is 2. The van der Waals surface area contributed by atoms with Gasteiger partial charge in [-0.1, -0.05) is 0 Å². The van der Waals surface area contributed by atoms with Crippen LogP contribution < -0.4 is 16.0 Å². The summed E-state index contributed by atoms with van der Waals surface area (Å²) in [5.74, 6) is -6.25. The summed E-state index contributed by atoms with van der Waals surface area (Å²) in [7, 11) is 7.64. The number of imide groups is 2. The number of nitrogens with one attached hydrogen (secondary N) is 3. The van der Waals surface area contributed by atoms with Crippen molar-refractivity contribution in [3.63, 3.8) is 0 Å². The number of alkyl halides is 5. The maximum atomic E-state index is 13.6. The minimum Gasteiger partial charge on any atom is -0.323 e.